The molecule has 1 aromatic heterocycles. The maximum atomic E-state index is 4.54. The van der Waals surface area contributed by atoms with Gasteiger partial charge in [-0.1, -0.05) is 6.92 Å². The zero-order chi connectivity index (χ0) is 13.0. The molecule has 1 N–H and O–H groups in total. The van der Waals surface area contributed by atoms with Crippen molar-refractivity contribution in [3.63, 3.8) is 0 Å². The van der Waals surface area contributed by atoms with E-state index in [0.717, 1.165) is 24.3 Å². The van der Waals surface area contributed by atoms with E-state index < -0.39 is 0 Å². The molecule has 3 nitrogen and oxygen atoms in total. The van der Waals surface area contributed by atoms with E-state index in [1.54, 1.807) is 11.3 Å². The summed E-state index contributed by atoms with van der Waals surface area (Å²) in [5, 5.41) is 6.72. The fourth-order valence-corrected chi connectivity index (χ4v) is 2.41. The summed E-state index contributed by atoms with van der Waals surface area (Å²) in [5.41, 5.74) is 3.46. The van der Waals surface area contributed by atoms with Crippen molar-refractivity contribution in [1.29, 1.82) is 0 Å². The first-order valence-electron chi connectivity index (χ1n) is 6.13. The predicted molar refractivity (Wildman–Crippen MR) is 79.6 cm³/mol. The molecule has 0 spiro atoms. The van der Waals surface area contributed by atoms with Crippen LogP contribution in [-0.2, 0) is 13.0 Å². The van der Waals surface area contributed by atoms with Gasteiger partial charge in [0.15, 0.2) is 0 Å². The summed E-state index contributed by atoms with van der Waals surface area (Å²) in [6.07, 6.45) is 1.02. The molecule has 0 aliphatic rings. The van der Waals surface area contributed by atoms with Crippen molar-refractivity contribution in [1.82, 2.24) is 4.98 Å². The molecule has 2 aromatic rings. The highest BCUT2D eigenvalue weighted by Crippen LogP contribution is 2.17. The van der Waals surface area contributed by atoms with Crippen molar-refractivity contribution in [3.05, 3.63) is 40.3 Å². The van der Waals surface area contributed by atoms with Gasteiger partial charge in [0.2, 0.25) is 0 Å². The molecule has 96 valence electrons. The summed E-state index contributed by atoms with van der Waals surface area (Å²) in [6.45, 7) is 2.92. The molecule has 0 aliphatic heterocycles. The molecule has 2 rings (SSSR count). The van der Waals surface area contributed by atoms with Gasteiger partial charge in [-0.25, -0.2) is 4.98 Å². The maximum Gasteiger partial charge on any atom is 0.0926 e. The van der Waals surface area contributed by atoms with E-state index in [9.17, 15) is 0 Å². The number of rotatable bonds is 5. The smallest absolute Gasteiger partial charge is 0.0926 e. The van der Waals surface area contributed by atoms with Crippen LogP contribution in [0.3, 0.4) is 0 Å². The number of hydrogen-bond acceptors (Lipinski definition) is 4. The van der Waals surface area contributed by atoms with Gasteiger partial charge in [0.05, 0.1) is 17.2 Å². The van der Waals surface area contributed by atoms with Crippen molar-refractivity contribution >= 4 is 22.7 Å². The summed E-state index contributed by atoms with van der Waals surface area (Å²) in [7, 11) is 4.09. The molecule has 0 bridgehead atoms. The number of benzene rings is 1. The largest absolute Gasteiger partial charge is 0.379 e. The second-order valence-corrected chi connectivity index (χ2v) is 5.32. The van der Waals surface area contributed by atoms with Crippen LogP contribution in [0.5, 0.6) is 0 Å². The fourth-order valence-electron chi connectivity index (χ4n) is 1.66. The second kappa shape index (κ2) is 5.87. The average Bonchev–Trinajstić information content (AvgIpc) is 2.85. The Morgan fingerprint density at radius 1 is 1.22 bits per heavy atom. The van der Waals surface area contributed by atoms with Crippen molar-refractivity contribution < 1.29 is 0 Å². The number of hydrogen-bond donors (Lipinski definition) is 1. The number of thiazole rings is 1. The summed E-state index contributed by atoms with van der Waals surface area (Å²) >= 11 is 1.73. The molecule has 0 amide bonds. The average molecular weight is 261 g/mol. The third-order valence-electron chi connectivity index (χ3n) is 2.76. The molecule has 0 saturated heterocycles. The van der Waals surface area contributed by atoms with Crippen LogP contribution in [0.1, 0.15) is 17.6 Å². The van der Waals surface area contributed by atoms with Crippen LogP contribution in [0.4, 0.5) is 11.4 Å². The summed E-state index contributed by atoms with van der Waals surface area (Å²) in [4.78, 5) is 6.63. The predicted octanol–water partition coefficient (Wildman–Crippen LogP) is 3.38. The standard InChI is InChI=1S/C14H19N3S/c1-4-14-16-12(10-18-14)9-15-11-5-7-13(8-6-11)17(2)3/h5-8,10,15H,4,9H2,1-3H3. The van der Waals surface area contributed by atoms with Crippen LogP contribution in [-0.4, -0.2) is 19.1 Å². The maximum absolute atomic E-state index is 4.54. The Kier molecular flexibility index (Phi) is 4.20. The Morgan fingerprint density at radius 2 is 1.94 bits per heavy atom. The zero-order valence-corrected chi connectivity index (χ0v) is 11.9. The van der Waals surface area contributed by atoms with E-state index in [2.05, 4.69) is 51.8 Å². The van der Waals surface area contributed by atoms with E-state index >= 15 is 0 Å². The highest BCUT2D eigenvalue weighted by Gasteiger charge is 2.00. The quantitative estimate of drug-likeness (QED) is 0.894. The van der Waals surface area contributed by atoms with Crippen molar-refractivity contribution in [2.45, 2.75) is 19.9 Å². The lowest BCUT2D eigenvalue weighted by atomic mass is 10.2. The molecular formula is C14H19N3S. The van der Waals surface area contributed by atoms with Gasteiger partial charge in [-0.2, -0.15) is 0 Å². The van der Waals surface area contributed by atoms with Gasteiger partial charge in [0.1, 0.15) is 0 Å². The lowest BCUT2D eigenvalue weighted by Gasteiger charge is -2.13. The van der Waals surface area contributed by atoms with E-state index in [4.69, 9.17) is 0 Å². The molecule has 0 saturated carbocycles. The second-order valence-electron chi connectivity index (χ2n) is 4.38. The van der Waals surface area contributed by atoms with Crippen molar-refractivity contribution in [3.8, 4) is 0 Å². The highest BCUT2D eigenvalue weighted by molar-refractivity contribution is 7.09. The molecule has 0 fully saturated rings. The summed E-state index contributed by atoms with van der Waals surface area (Å²) in [5.74, 6) is 0. The number of nitrogens with one attached hydrogen (secondary N) is 1. The molecule has 0 atom stereocenters. The Labute approximate surface area is 112 Å². The molecule has 4 heteroatoms. The Hall–Kier alpha value is -1.55. The van der Waals surface area contributed by atoms with Gasteiger partial charge < -0.3 is 10.2 Å². The van der Waals surface area contributed by atoms with Crippen molar-refractivity contribution in [2.24, 2.45) is 0 Å². The first kappa shape index (κ1) is 12.9. The van der Waals surface area contributed by atoms with Crippen molar-refractivity contribution in [2.75, 3.05) is 24.3 Å². The monoisotopic (exact) mass is 261 g/mol. The van der Waals surface area contributed by atoms with Crippen LogP contribution < -0.4 is 10.2 Å². The molecule has 0 unspecified atom stereocenters. The van der Waals surface area contributed by atoms with E-state index in [0.29, 0.717) is 0 Å². The van der Waals surface area contributed by atoms with E-state index in [1.807, 2.05) is 14.1 Å². The molecule has 0 aliphatic carbocycles. The highest BCUT2D eigenvalue weighted by atomic mass is 32.1. The van der Waals surface area contributed by atoms with E-state index in [-0.39, 0.29) is 0 Å². The molecule has 18 heavy (non-hydrogen) atoms. The van der Waals surface area contributed by atoms with Gasteiger partial charge in [-0.15, -0.1) is 11.3 Å². The fraction of sp³-hybridized carbons (Fsp3) is 0.357. The van der Waals surface area contributed by atoms with Crippen LogP contribution in [0.15, 0.2) is 29.6 Å². The normalized spacial score (nSPS) is 10.4. The number of aromatic nitrogens is 1. The first-order valence-corrected chi connectivity index (χ1v) is 7.01. The van der Waals surface area contributed by atoms with Crippen LogP contribution >= 0.6 is 11.3 Å². The van der Waals surface area contributed by atoms with Gasteiger partial charge in [-0.05, 0) is 30.7 Å². The summed E-state index contributed by atoms with van der Waals surface area (Å²) in [6, 6.07) is 8.42. The lowest BCUT2D eigenvalue weighted by molar-refractivity contribution is 1.01. The number of nitrogens with zero attached hydrogens (tertiary/aromatic N) is 2. The van der Waals surface area contributed by atoms with Crippen LogP contribution in [0.25, 0.3) is 0 Å². The van der Waals surface area contributed by atoms with Gasteiger partial charge >= 0.3 is 0 Å². The minimum absolute atomic E-state index is 0.789. The minimum Gasteiger partial charge on any atom is -0.379 e. The van der Waals surface area contributed by atoms with Gasteiger partial charge in [-0.3, -0.25) is 0 Å². The molecule has 1 aromatic carbocycles. The van der Waals surface area contributed by atoms with E-state index in [1.165, 1.54) is 10.7 Å². The Bertz CT molecular complexity index is 488. The first-order chi connectivity index (χ1) is 8.69. The zero-order valence-electron chi connectivity index (χ0n) is 11.1. The van der Waals surface area contributed by atoms with Gasteiger partial charge in [0.25, 0.3) is 0 Å². The SMILES string of the molecule is CCc1nc(CNc2ccc(N(C)C)cc2)cs1. The molecule has 0 radical (unpaired) electrons. The van der Waals surface area contributed by atoms with Crippen LogP contribution in [0, 0.1) is 0 Å². The summed E-state index contributed by atoms with van der Waals surface area (Å²) < 4.78 is 0. The number of anilines is 2. The third kappa shape index (κ3) is 3.23. The van der Waals surface area contributed by atoms with Crippen LogP contribution in [0.2, 0.25) is 0 Å². The Morgan fingerprint density at radius 3 is 2.50 bits per heavy atom. The molecule has 1 heterocycles. The third-order valence-corrected chi connectivity index (χ3v) is 3.80. The molecular weight excluding hydrogens is 242 g/mol. The number of aryl methyl sites for hydroxylation is 1. The topological polar surface area (TPSA) is 28.2 Å². The van der Waals surface area contributed by atoms with Gasteiger partial charge in [0, 0.05) is 30.9 Å². The minimum atomic E-state index is 0.789. The Balaban J connectivity index is 1.93. The lowest BCUT2D eigenvalue weighted by Crippen LogP contribution is -2.08.